The Kier molecular flexibility index (Phi) is 8.48. The van der Waals surface area contributed by atoms with Gasteiger partial charge < -0.3 is 24.3 Å². The van der Waals surface area contributed by atoms with Gasteiger partial charge in [0.2, 0.25) is 5.91 Å². The Morgan fingerprint density at radius 3 is 2.70 bits per heavy atom. The smallest absolute Gasteiger partial charge is 0.318 e. The van der Waals surface area contributed by atoms with Gasteiger partial charge in [-0.2, -0.15) is 15.2 Å². The fourth-order valence-electron chi connectivity index (χ4n) is 6.91. The average molecular weight is 580 g/mol. The van der Waals surface area contributed by atoms with Crippen molar-refractivity contribution in [3.05, 3.63) is 65.4 Å². The first-order valence-corrected chi connectivity index (χ1v) is 15.5. The highest BCUT2D eigenvalue weighted by Gasteiger charge is 2.34. The molecule has 2 atom stereocenters. The number of ether oxygens (including phenoxy) is 1. The number of allylic oxidation sites excluding steroid dienone is 1. The van der Waals surface area contributed by atoms with Crippen molar-refractivity contribution in [3.63, 3.8) is 0 Å². The molecule has 2 fully saturated rings. The molecule has 0 bridgehead atoms. The topological polar surface area (TPSA) is 88.8 Å². The number of anilines is 2. The summed E-state index contributed by atoms with van der Waals surface area (Å²) in [4.78, 5) is 31.7. The summed E-state index contributed by atoms with van der Waals surface area (Å²) in [5.74, 6) is 0.840. The lowest BCUT2D eigenvalue weighted by Gasteiger charge is -2.42. The van der Waals surface area contributed by atoms with Crippen LogP contribution in [0.4, 0.5) is 11.5 Å². The molecule has 0 N–H and O–H groups in total. The number of aromatic nitrogens is 2. The third-order valence-corrected chi connectivity index (χ3v) is 9.23. The maximum absolute atomic E-state index is 12.8. The summed E-state index contributed by atoms with van der Waals surface area (Å²) >= 11 is 0. The Bertz CT molecular complexity index is 1560. The van der Waals surface area contributed by atoms with Crippen LogP contribution in [0, 0.1) is 18.3 Å². The highest BCUT2D eigenvalue weighted by Crippen LogP contribution is 2.36. The van der Waals surface area contributed by atoms with Crippen LogP contribution in [-0.4, -0.2) is 84.1 Å². The molecule has 3 aliphatic rings. The summed E-state index contributed by atoms with van der Waals surface area (Å²) in [7, 11) is 2.15. The molecule has 0 unspecified atom stereocenters. The summed E-state index contributed by atoms with van der Waals surface area (Å²) < 4.78 is 6.32. The zero-order chi connectivity index (χ0) is 29.9. The van der Waals surface area contributed by atoms with Gasteiger partial charge in [-0.05, 0) is 69.8 Å². The van der Waals surface area contributed by atoms with Crippen LogP contribution in [0.15, 0.2) is 48.6 Å². The van der Waals surface area contributed by atoms with Crippen molar-refractivity contribution in [2.24, 2.45) is 0 Å². The maximum Gasteiger partial charge on any atom is 0.318 e. The molecule has 9 heteroatoms. The molecule has 0 spiro atoms. The van der Waals surface area contributed by atoms with E-state index in [-0.39, 0.29) is 18.4 Å². The summed E-state index contributed by atoms with van der Waals surface area (Å²) in [5, 5.41) is 12.1. The predicted molar refractivity (Wildman–Crippen MR) is 169 cm³/mol. The fourth-order valence-corrected chi connectivity index (χ4v) is 6.91. The van der Waals surface area contributed by atoms with Gasteiger partial charge in [-0.25, -0.2) is 0 Å². The van der Waals surface area contributed by atoms with Gasteiger partial charge in [-0.1, -0.05) is 36.4 Å². The summed E-state index contributed by atoms with van der Waals surface area (Å²) in [6, 6.07) is 15.8. The standard InChI is InChI=1S/C34H41N7O2/c1-4-8-31(42)41-20-19-40(21-26(41)14-16-35)33-28-15-18-39(30-13-6-11-25-10-5-9-24(2)32(25)30)22-29(28)36-34(37-33)43-23-27-12-7-17-38(27)3/h4-6,8-11,13,26-27H,7,12,14-15,17-23H2,1-3H3/b8-4+/t26-,27-/m0/s1. The van der Waals surface area contributed by atoms with Gasteiger partial charge in [0, 0.05) is 48.9 Å². The second-order valence-corrected chi connectivity index (χ2v) is 12.0. The van der Waals surface area contributed by atoms with E-state index < -0.39 is 0 Å². The minimum absolute atomic E-state index is 0.0437. The lowest BCUT2D eigenvalue weighted by molar-refractivity contribution is -0.128. The predicted octanol–water partition coefficient (Wildman–Crippen LogP) is 4.48. The third-order valence-electron chi connectivity index (χ3n) is 9.23. The van der Waals surface area contributed by atoms with Gasteiger partial charge in [-0.3, -0.25) is 4.79 Å². The first-order chi connectivity index (χ1) is 21.0. The quantitative estimate of drug-likeness (QED) is 0.379. The van der Waals surface area contributed by atoms with Crippen molar-refractivity contribution in [2.45, 2.75) is 58.2 Å². The largest absolute Gasteiger partial charge is 0.462 e. The number of likely N-dealkylation sites (N-methyl/N-ethyl adjacent to an activating group) is 1. The van der Waals surface area contributed by atoms with Crippen LogP contribution in [0.3, 0.4) is 0 Å². The number of likely N-dealkylation sites (tertiary alicyclic amines) is 1. The molecule has 43 heavy (non-hydrogen) atoms. The van der Waals surface area contributed by atoms with Gasteiger partial charge in [0.05, 0.1) is 30.8 Å². The van der Waals surface area contributed by atoms with Crippen molar-refractivity contribution >= 4 is 28.2 Å². The van der Waals surface area contributed by atoms with Crippen molar-refractivity contribution in [2.75, 3.05) is 56.2 Å². The summed E-state index contributed by atoms with van der Waals surface area (Å²) in [6.07, 6.45) is 6.71. The number of carbonyl (C=O) groups excluding carboxylic acids is 1. The lowest BCUT2D eigenvalue weighted by atomic mass is 9.99. The number of piperazine rings is 1. The Morgan fingerprint density at radius 1 is 1.09 bits per heavy atom. The van der Waals surface area contributed by atoms with Crippen LogP contribution in [0.25, 0.3) is 10.8 Å². The SMILES string of the molecule is C/C=C/C(=O)N1CCN(c2nc(OC[C@@H]3CCCN3C)nc3c2CCN(c2cccc4cccc(C)c24)C3)C[C@@H]1CC#N. The van der Waals surface area contributed by atoms with E-state index in [9.17, 15) is 10.1 Å². The van der Waals surface area contributed by atoms with Gasteiger partial charge in [0.1, 0.15) is 12.4 Å². The van der Waals surface area contributed by atoms with E-state index in [0.29, 0.717) is 44.8 Å². The lowest BCUT2D eigenvalue weighted by Crippen LogP contribution is -2.55. The molecular weight excluding hydrogens is 538 g/mol. The minimum atomic E-state index is -0.205. The maximum atomic E-state index is 12.8. The van der Waals surface area contributed by atoms with Crippen molar-refractivity contribution in [3.8, 4) is 12.1 Å². The molecule has 1 aromatic heterocycles. The highest BCUT2D eigenvalue weighted by atomic mass is 16.5. The molecule has 0 aliphatic carbocycles. The molecule has 0 radical (unpaired) electrons. The number of hydrogen-bond donors (Lipinski definition) is 0. The van der Waals surface area contributed by atoms with Crippen LogP contribution < -0.4 is 14.5 Å². The molecule has 2 aromatic carbocycles. The van der Waals surface area contributed by atoms with E-state index in [0.717, 1.165) is 43.0 Å². The molecule has 3 aliphatic heterocycles. The normalized spacial score (nSPS) is 20.9. The van der Waals surface area contributed by atoms with Crippen molar-refractivity contribution in [1.29, 1.82) is 5.26 Å². The highest BCUT2D eigenvalue weighted by molar-refractivity contribution is 5.97. The van der Waals surface area contributed by atoms with Gasteiger partial charge in [0.15, 0.2) is 0 Å². The van der Waals surface area contributed by atoms with Crippen LogP contribution in [-0.2, 0) is 17.8 Å². The van der Waals surface area contributed by atoms with E-state index in [2.05, 4.69) is 71.1 Å². The minimum Gasteiger partial charge on any atom is -0.462 e. The summed E-state index contributed by atoms with van der Waals surface area (Å²) in [5.41, 5.74) is 4.62. The Labute approximate surface area is 254 Å². The van der Waals surface area contributed by atoms with Gasteiger partial charge in [0.25, 0.3) is 0 Å². The van der Waals surface area contributed by atoms with Gasteiger partial charge >= 0.3 is 6.01 Å². The molecule has 224 valence electrons. The van der Waals surface area contributed by atoms with Crippen molar-refractivity contribution in [1.82, 2.24) is 19.8 Å². The number of fused-ring (bicyclic) bond motifs is 2. The Morgan fingerprint density at radius 2 is 1.93 bits per heavy atom. The van der Waals surface area contributed by atoms with Crippen molar-refractivity contribution < 1.29 is 9.53 Å². The Balaban J connectivity index is 1.33. The van der Waals surface area contributed by atoms with Crippen LogP contribution in [0.2, 0.25) is 0 Å². The first-order valence-electron chi connectivity index (χ1n) is 15.5. The number of hydrogen-bond acceptors (Lipinski definition) is 8. The van der Waals surface area contributed by atoms with E-state index in [1.54, 1.807) is 12.2 Å². The zero-order valence-corrected chi connectivity index (χ0v) is 25.5. The monoisotopic (exact) mass is 579 g/mol. The van der Waals surface area contributed by atoms with Crippen LogP contribution >= 0.6 is 0 Å². The molecule has 9 nitrogen and oxygen atoms in total. The molecule has 4 heterocycles. The number of nitrogens with zero attached hydrogens (tertiary/aromatic N) is 7. The fraction of sp³-hybridized carbons (Fsp3) is 0.471. The first kappa shape index (κ1) is 28.9. The molecule has 2 saturated heterocycles. The number of rotatable bonds is 7. The number of nitriles is 1. The number of carbonyl (C=O) groups is 1. The molecular formula is C34H41N7O2. The van der Waals surface area contributed by atoms with Gasteiger partial charge in [-0.15, -0.1) is 0 Å². The van der Waals surface area contributed by atoms with E-state index >= 15 is 0 Å². The molecule has 3 aromatic rings. The summed E-state index contributed by atoms with van der Waals surface area (Å²) in [6.45, 7) is 8.92. The van der Waals surface area contributed by atoms with E-state index in [1.165, 1.54) is 28.4 Å². The average Bonchev–Trinajstić information content (AvgIpc) is 3.43. The zero-order valence-electron chi connectivity index (χ0n) is 25.5. The molecule has 0 saturated carbocycles. The third kappa shape index (κ3) is 5.89. The van der Waals surface area contributed by atoms with E-state index in [4.69, 9.17) is 14.7 Å². The molecule has 6 rings (SSSR count). The van der Waals surface area contributed by atoms with Crippen LogP contribution in [0.1, 0.15) is 43.0 Å². The number of aryl methyl sites for hydroxylation is 1. The molecule has 1 amide bonds. The van der Waals surface area contributed by atoms with E-state index in [1.807, 2.05) is 11.8 Å². The second-order valence-electron chi connectivity index (χ2n) is 12.0. The van der Waals surface area contributed by atoms with Crippen LogP contribution in [0.5, 0.6) is 6.01 Å². The number of benzene rings is 2. The number of amides is 1. The Hall–Kier alpha value is -4.16. The second kappa shape index (κ2) is 12.6.